The SMILES string of the molecule is CCC(C#N)N(C)CC1(O)CCOCC1. The molecule has 1 saturated heterocycles. The summed E-state index contributed by atoms with van der Waals surface area (Å²) in [6.07, 6.45) is 2.12. The Morgan fingerprint density at radius 1 is 1.53 bits per heavy atom. The van der Waals surface area contributed by atoms with E-state index in [4.69, 9.17) is 10.00 Å². The maximum Gasteiger partial charge on any atom is 0.0973 e. The van der Waals surface area contributed by atoms with Gasteiger partial charge in [0, 0.05) is 32.6 Å². The average molecular weight is 212 g/mol. The fourth-order valence-electron chi connectivity index (χ4n) is 1.99. The van der Waals surface area contributed by atoms with Crippen molar-refractivity contribution in [2.24, 2.45) is 0 Å². The number of nitriles is 1. The van der Waals surface area contributed by atoms with Crippen LogP contribution in [0.4, 0.5) is 0 Å². The Hall–Kier alpha value is -0.630. The van der Waals surface area contributed by atoms with Crippen LogP contribution in [-0.2, 0) is 4.74 Å². The molecule has 0 radical (unpaired) electrons. The van der Waals surface area contributed by atoms with Crippen molar-refractivity contribution in [3.63, 3.8) is 0 Å². The van der Waals surface area contributed by atoms with E-state index in [0.29, 0.717) is 32.6 Å². The summed E-state index contributed by atoms with van der Waals surface area (Å²) in [5.74, 6) is 0. The molecule has 1 fully saturated rings. The Morgan fingerprint density at radius 2 is 2.13 bits per heavy atom. The van der Waals surface area contributed by atoms with Gasteiger partial charge in [0.25, 0.3) is 0 Å². The third-order valence-electron chi connectivity index (χ3n) is 3.04. The van der Waals surface area contributed by atoms with Crippen molar-refractivity contribution in [3.8, 4) is 6.07 Å². The first-order valence-electron chi connectivity index (χ1n) is 5.51. The van der Waals surface area contributed by atoms with Crippen molar-refractivity contribution in [2.75, 3.05) is 26.8 Å². The Balaban J connectivity index is 2.48. The lowest BCUT2D eigenvalue weighted by atomic mass is 9.93. The van der Waals surface area contributed by atoms with Gasteiger partial charge >= 0.3 is 0 Å². The van der Waals surface area contributed by atoms with Gasteiger partial charge in [0.05, 0.1) is 17.7 Å². The topological polar surface area (TPSA) is 56.5 Å². The van der Waals surface area contributed by atoms with Gasteiger partial charge in [-0.25, -0.2) is 0 Å². The molecule has 0 bridgehead atoms. The Labute approximate surface area is 91.4 Å². The predicted octanol–water partition coefficient (Wildman–Crippen LogP) is 0.762. The fourth-order valence-corrected chi connectivity index (χ4v) is 1.99. The highest BCUT2D eigenvalue weighted by Gasteiger charge is 2.32. The van der Waals surface area contributed by atoms with Gasteiger partial charge in [-0.05, 0) is 13.5 Å². The minimum absolute atomic E-state index is 0.100. The summed E-state index contributed by atoms with van der Waals surface area (Å²) in [6, 6.07) is 2.14. The van der Waals surface area contributed by atoms with Crippen molar-refractivity contribution in [1.29, 1.82) is 5.26 Å². The second kappa shape index (κ2) is 5.45. The Bertz CT molecular complexity index is 231. The molecule has 1 N–H and O–H groups in total. The standard InChI is InChI=1S/C11H20N2O2/c1-3-10(8-12)13(2)9-11(14)4-6-15-7-5-11/h10,14H,3-7,9H2,1-2H3. The molecule has 0 aliphatic carbocycles. The average Bonchev–Trinajstić information content (AvgIpc) is 2.19. The van der Waals surface area contributed by atoms with Crippen LogP contribution in [0.2, 0.25) is 0 Å². The molecule has 0 aromatic carbocycles. The third-order valence-corrected chi connectivity index (χ3v) is 3.04. The van der Waals surface area contributed by atoms with Crippen molar-refractivity contribution in [3.05, 3.63) is 0 Å². The number of hydrogen-bond acceptors (Lipinski definition) is 4. The number of ether oxygens (including phenoxy) is 1. The lowest BCUT2D eigenvalue weighted by molar-refractivity contribution is -0.0793. The Morgan fingerprint density at radius 3 is 2.60 bits per heavy atom. The highest BCUT2D eigenvalue weighted by molar-refractivity contribution is 4.93. The van der Waals surface area contributed by atoms with Crippen LogP contribution in [0.3, 0.4) is 0 Å². The van der Waals surface area contributed by atoms with E-state index in [1.54, 1.807) is 0 Å². The van der Waals surface area contributed by atoms with Gasteiger partial charge in [-0.3, -0.25) is 4.90 Å². The van der Waals surface area contributed by atoms with Gasteiger partial charge < -0.3 is 9.84 Å². The van der Waals surface area contributed by atoms with Crippen LogP contribution < -0.4 is 0 Å². The summed E-state index contributed by atoms with van der Waals surface area (Å²) in [5.41, 5.74) is -0.669. The van der Waals surface area contributed by atoms with Crippen LogP contribution in [0.5, 0.6) is 0 Å². The normalized spacial score (nSPS) is 22.3. The highest BCUT2D eigenvalue weighted by atomic mass is 16.5. The predicted molar refractivity (Wildman–Crippen MR) is 57.3 cm³/mol. The molecule has 1 unspecified atom stereocenters. The molecule has 0 aromatic heterocycles. The van der Waals surface area contributed by atoms with Crippen LogP contribution in [0.25, 0.3) is 0 Å². The van der Waals surface area contributed by atoms with E-state index in [1.807, 2.05) is 18.9 Å². The first-order valence-corrected chi connectivity index (χ1v) is 5.51. The van der Waals surface area contributed by atoms with Crippen LogP contribution in [0.1, 0.15) is 26.2 Å². The van der Waals surface area contributed by atoms with E-state index in [2.05, 4.69) is 6.07 Å². The molecule has 1 aliphatic heterocycles. The van der Waals surface area contributed by atoms with Gasteiger partial charge in [0.2, 0.25) is 0 Å². The molecule has 0 spiro atoms. The quantitative estimate of drug-likeness (QED) is 0.747. The second-order valence-electron chi connectivity index (χ2n) is 4.30. The molecule has 0 aromatic rings. The van der Waals surface area contributed by atoms with E-state index in [1.165, 1.54) is 0 Å². The maximum atomic E-state index is 10.3. The van der Waals surface area contributed by atoms with Crippen LogP contribution in [-0.4, -0.2) is 48.5 Å². The molecular weight excluding hydrogens is 192 g/mol. The summed E-state index contributed by atoms with van der Waals surface area (Å²) in [7, 11) is 1.89. The zero-order chi connectivity index (χ0) is 11.3. The van der Waals surface area contributed by atoms with E-state index >= 15 is 0 Å². The van der Waals surface area contributed by atoms with E-state index in [0.717, 1.165) is 6.42 Å². The van der Waals surface area contributed by atoms with Crippen molar-refractivity contribution >= 4 is 0 Å². The van der Waals surface area contributed by atoms with E-state index in [9.17, 15) is 5.11 Å². The molecule has 1 heterocycles. The van der Waals surface area contributed by atoms with Gasteiger partial charge in [-0.15, -0.1) is 0 Å². The monoisotopic (exact) mass is 212 g/mol. The number of likely N-dealkylation sites (N-methyl/N-ethyl adjacent to an activating group) is 1. The smallest absolute Gasteiger partial charge is 0.0973 e. The van der Waals surface area contributed by atoms with Gasteiger partial charge in [0.15, 0.2) is 0 Å². The lowest BCUT2D eigenvalue weighted by Gasteiger charge is -2.36. The van der Waals surface area contributed by atoms with E-state index < -0.39 is 5.60 Å². The summed E-state index contributed by atoms with van der Waals surface area (Å²) < 4.78 is 5.22. The van der Waals surface area contributed by atoms with Gasteiger partial charge in [0.1, 0.15) is 0 Å². The molecule has 15 heavy (non-hydrogen) atoms. The molecule has 1 rings (SSSR count). The molecule has 86 valence electrons. The van der Waals surface area contributed by atoms with Crippen molar-refractivity contribution in [2.45, 2.75) is 37.8 Å². The minimum Gasteiger partial charge on any atom is -0.388 e. The highest BCUT2D eigenvalue weighted by Crippen LogP contribution is 2.22. The number of aliphatic hydroxyl groups is 1. The molecule has 1 atom stereocenters. The first kappa shape index (κ1) is 12.4. The number of hydrogen-bond donors (Lipinski definition) is 1. The van der Waals surface area contributed by atoms with Crippen molar-refractivity contribution < 1.29 is 9.84 Å². The molecule has 1 aliphatic rings. The molecule has 4 nitrogen and oxygen atoms in total. The number of rotatable bonds is 4. The third kappa shape index (κ3) is 3.45. The maximum absolute atomic E-state index is 10.3. The van der Waals surface area contributed by atoms with Gasteiger partial charge in [-0.1, -0.05) is 6.92 Å². The molecular formula is C11H20N2O2. The van der Waals surface area contributed by atoms with Crippen LogP contribution in [0, 0.1) is 11.3 Å². The zero-order valence-corrected chi connectivity index (χ0v) is 9.57. The molecule has 0 saturated carbocycles. The minimum atomic E-state index is -0.669. The molecule has 4 heteroatoms. The molecule has 0 amide bonds. The number of nitrogens with zero attached hydrogens (tertiary/aromatic N) is 2. The second-order valence-corrected chi connectivity index (χ2v) is 4.30. The largest absolute Gasteiger partial charge is 0.388 e. The zero-order valence-electron chi connectivity index (χ0n) is 9.57. The summed E-state index contributed by atoms with van der Waals surface area (Å²) in [6.45, 7) is 3.78. The summed E-state index contributed by atoms with van der Waals surface area (Å²) in [5, 5.41) is 19.2. The Kier molecular flexibility index (Phi) is 4.52. The lowest BCUT2D eigenvalue weighted by Crippen LogP contribution is -2.48. The fraction of sp³-hybridized carbons (Fsp3) is 0.909. The van der Waals surface area contributed by atoms with E-state index in [-0.39, 0.29) is 6.04 Å². The van der Waals surface area contributed by atoms with Crippen LogP contribution in [0.15, 0.2) is 0 Å². The van der Waals surface area contributed by atoms with Crippen molar-refractivity contribution in [1.82, 2.24) is 4.90 Å². The summed E-state index contributed by atoms with van der Waals surface area (Å²) in [4.78, 5) is 1.94. The van der Waals surface area contributed by atoms with Gasteiger partial charge in [-0.2, -0.15) is 5.26 Å². The summed E-state index contributed by atoms with van der Waals surface area (Å²) >= 11 is 0. The van der Waals surface area contributed by atoms with Crippen LogP contribution >= 0.6 is 0 Å². The first-order chi connectivity index (χ1) is 7.11.